The van der Waals surface area contributed by atoms with Gasteiger partial charge in [-0.3, -0.25) is 14.4 Å². The monoisotopic (exact) mass is 229 g/mol. The summed E-state index contributed by atoms with van der Waals surface area (Å²) >= 11 is 0. The van der Waals surface area contributed by atoms with Crippen LogP contribution in [0.1, 0.15) is 20.3 Å². The lowest BCUT2D eigenvalue weighted by Crippen LogP contribution is -2.65. The molecule has 6 nitrogen and oxygen atoms in total. The maximum Gasteiger partial charge on any atom is 0.323 e. The minimum atomic E-state index is -1.12. The molecule has 0 aromatic rings. The summed E-state index contributed by atoms with van der Waals surface area (Å²) in [4.78, 5) is 34.1. The van der Waals surface area contributed by atoms with Crippen LogP contribution < -0.4 is 0 Å². The fourth-order valence-corrected chi connectivity index (χ4v) is 2.15. The molecule has 1 fully saturated rings. The van der Waals surface area contributed by atoms with Gasteiger partial charge in [-0.2, -0.15) is 0 Å². The van der Waals surface area contributed by atoms with Gasteiger partial charge in [0.05, 0.1) is 17.9 Å². The fraction of sp³-hybridized carbons (Fsp3) is 0.700. The van der Waals surface area contributed by atoms with E-state index < -0.39 is 30.4 Å². The molecule has 0 unspecified atom stereocenters. The minimum Gasteiger partial charge on any atom is -0.481 e. The first-order valence-corrected chi connectivity index (χ1v) is 5.15. The maximum absolute atomic E-state index is 11.5. The first kappa shape index (κ1) is 12.5. The number of carbonyl (C=O) groups is 3. The zero-order chi connectivity index (χ0) is 12.5. The quantitative estimate of drug-likeness (QED) is 0.648. The molecule has 0 aromatic heterocycles. The Morgan fingerprint density at radius 2 is 2.00 bits per heavy atom. The van der Waals surface area contributed by atoms with E-state index in [9.17, 15) is 14.4 Å². The second kappa shape index (κ2) is 4.51. The number of likely N-dealkylation sites (tertiary alicyclic amines) is 1. The van der Waals surface area contributed by atoms with Crippen LogP contribution in [0, 0.1) is 11.8 Å². The largest absolute Gasteiger partial charge is 0.481 e. The van der Waals surface area contributed by atoms with Gasteiger partial charge in [0.25, 0.3) is 0 Å². The molecule has 6 heteroatoms. The Morgan fingerprint density at radius 1 is 1.44 bits per heavy atom. The summed E-state index contributed by atoms with van der Waals surface area (Å²) in [5.41, 5.74) is 0. The van der Waals surface area contributed by atoms with Crippen LogP contribution in [0.15, 0.2) is 0 Å². The lowest BCUT2D eigenvalue weighted by atomic mass is 9.78. The van der Waals surface area contributed by atoms with Gasteiger partial charge < -0.3 is 15.1 Å². The third-order valence-corrected chi connectivity index (χ3v) is 3.02. The summed E-state index contributed by atoms with van der Waals surface area (Å²) in [6.45, 7) is 2.87. The average molecular weight is 229 g/mol. The van der Waals surface area contributed by atoms with E-state index in [1.54, 1.807) is 6.92 Å². The Bertz CT molecular complexity index is 325. The van der Waals surface area contributed by atoms with Crippen molar-refractivity contribution in [3.05, 3.63) is 0 Å². The van der Waals surface area contributed by atoms with E-state index >= 15 is 0 Å². The van der Waals surface area contributed by atoms with E-state index in [4.69, 9.17) is 10.2 Å². The molecule has 90 valence electrons. The van der Waals surface area contributed by atoms with Gasteiger partial charge in [-0.1, -0.05) is 6.92 Å². The lowest BCUT2D eigenvalue weighted by Gasteiger charge is -2.48. The molecule has 0 aliphatic carbocycles. The zero-order valence-corrected chi connectivity index (χ0v) is 9.21. The molecule has 0 aromatic carbocycles. The molecule has 0 radical (unpaired) electrons. The van der Waals surface area contributed by atoms with E-state index in [0.29, 0.717) is 6.42 Å². The summed E-state index contributed by atoms with van der Waals surface area (Å²) in [6.07, 6.45) is 0.539. The van der Waals surface area contributed by atoms with Gasteiger partial charge in [-0.15, -0.1) is 0 Å². The highest BCUT2D eigenvalue weighted by Crippen LogP contribution is 2.34. The fourth-order valence-electron chi connectivity index (χ4n) is 2.15. The molecule has 1 amide bonds. The third kappa shape index (κ3) is 2.00. The Morgan fingerprint density at radius 3 is 2.38 bits per heavy atom. The predicted molar refractivity (Wildman–Crippen MR) is 53.7 cm³/mol. The van der Waals surface area contributed by atoms with E-state index in [1.807, 2.05) is 0 Å². The molecule has 0 bridgehead atoms. The van der Waals surface area contributed by atoms with Crippen molar-refractivity contribution < 1.29 is 24.6 Å². The second-order valence-electron chi connectivity index (χ2n) is 3.99. The molecule has 1 aliphatic heterocycles. The van der Waals surface area contributed by atoms with Crippen LogP contribution in [-0.2, 0) is 14.4 Å². The van der Waals surface area contributed by atoms with Crippen molar-refractivity contribution in [2.75, 3.05) is 6.54 Å². The van der Waals surface area contributed by atoms with Crippen LogP contribution in [0.5, 0.6) is 0 Å². The Balaban J connectivity index is 2.80. The van der Waals surface area contributed by atoms with Crippen LogP contribution in [0.3, 0.4) is 0 Å². The van der Waals surface area contributed by atoms with Gasteiger partial charge in [0.15, 0.2) is 0 Å². The molecule has 3 atom stereocenters. The predicted octanol–water partition coefficient (Wildman–Crippen LogP) is 0.0287. The topological polar surface area (TPSA) is 94.9 Å². The van der Waals surface area contributed by atoms with Gasteiger partial charge in [0.2, 0.25) is 5.91 Å². The van der Waals surface area contributed by atoms with Gasteiger partial charge >= 0.3 is 11.9 Å². The average Bonchev–Trinajstić information content (AvgIpc) is 2.20. The Hall–Kier alpha value is -1.59. The van der Waals surface area contributed by atoms with Crippen LogP contribution in [0.2, 0.25) is 0 Å². The van der Waals surface area contributed by atoms with Crippen molar-refractivity contribution in [3.8, 4) is 0 Å². The first-order valence-electron chi connectivity index (χ1n) is 5.15. The SMILES string of the molecule is CC[C@H]1C(=O)N(CC(=O)O)[C@@H]1[C@@H](C)C(=O)O. The molecule has 1 aliphatic rings. The van der Waals surface area contributed by atoms with Crippen molar-refractivity contribution in [2.45, 2.75) is 26.3 Å². The molecule has 1 saturated heterocycles. The van der Waals surface area contributed by atoms with Crippen molar-refractivity contribution >= 4 is 17.8 Å². The number of β-lactam (4-membered cyclic amide) rings is 1. The van der Waals surface area contributed by atoms with E-state index in [0.717, 1.165) is 4.90 Å². The maximum atomic E-state index is 11.5. The molecule has 1 rings (SSSR count). The number of aliphatic carboxylic acids is 2. The molecule has 0 spiro atoms. The summed E-state index contributed by atoms with van der Waals surface area (Å²) in [5.74, 6) is -3.48. The van der Waals surface area contributed by atoms with E-state index in [1.165, 1.54) is 6.92 Å². The number of hydrogen-bond donors (Lipinski definition) is 2. The highest BCUT2D eigenvalue weighted by molar-refractivity contribution is 5.91. The highest BCUT2D eigenvalue weighted by Gasteiger charge is 2.50. The first-order chi connectivity index (χ1) is 7.40. The van der Waals surface area contributed by atoms with Gasteiger partial charge in [0.1, 0.15) is 6.54 Å². The summed E-state index contributed by atoms with van der Waals surface area (Å²) in [5, 5.41) is 17.5. The lowest BCUT2D eigenvalue weighted by molar-refractivity contribution is -0.170. The number of nitrogens with zero attached hydrogens (tertiary/aromatic N) is 1. The number of carbonyl (C=O) groups excluding carboxylic acids is 1. The van der Waals surface area contributed by atoms with Crippen molar-refractivity contribution in [3.63, 3.8) is 0 Å². The number of rotatable bonds is 5. The van der Waals surface area contributed by atoms with Gasteiger partial charge in [-0.05, 0) is 13.3 Å². The molecule has 2 N–H and O–H groups in total. The molecule has 0 saturated carbocycles. The molecule has 16 heavy (non-hydrogen) atoms. The summed E-state index contributed by atoms with van der Waals surface area (Å²) in [6, 6.07) is -0.494. The number of carboxylic acids is 2. The van der Waals surface area contributed by atoms with Crippen LogP contribution >= 0.6 is 0 Å². The molecular weight excluding hydrogens is 214 g/mol. The highest BCUT2D eigenvalue weighted by atomic mass is 16.4. The molecule has 1 heterocycles. The Labute approximate surface area is 92.9 Å². The number of carboxylic acid groups (broad SMARTS) is 2. The van der Waals surface area contributed by atoms with Crippen LogP contribution in [0.25, 0.3) is 0 Å². The summed E-state index contributed by atoms with van der Waals surface area (Å²) < 4.78 is 0. The normalized spacial score (nSPS) is 26.1. The standard InChI is InChI=1S/C10H15NO5/c1-3-6-8(5(2)10(15)16)11(9(6)14)4-7(12)13/h5-6,8H,3-4H2,1-2H3,(H,12,13)(H,15,16)/t5-,6-,8-/m1/s1. The Kier molecular flexibility index (Phi) is 3.51. The van der Waals surface area contributed by atoms with Crippen LogP contribution in [0.4, 0.5) is 0 Å². The zero-order valence-electron chi connectivity index (χ0n) is 9.21. The minimum absolute atomic E-state index is 0.261. The van der Waals surface area contributed by atoms with Crippen molar-refractivity contribution in [1.29, 1.82) is 0 Å². The van der Waals surface area contributed by atoms with Gasteiger partial charge in [0, 0.05) is 0 Å². The van der Waals surface area contributed by atoms with Crippen molar-refractivity contribution in [2.24, 2.45) is 11.8 Å². The number of hydrogen-bond acceptors (Lipinski definition) is 3. The molecular formula is C10H15NO5. The third-order valence-electron chi connectivity index (χ3n) is 3.02. The number of amides is 1. The smallest absolute Gasteiger partial charge is 0.323 e. The summed E-state index contributed by atoms with van der Waals surface area (Å²) in [7, 11) is 0. The van der Waals surface area contributed by atoms with Crippen LogP contribution in [-0.4, -0.2) is 45.5 Å². The van der Waals surface area contributed by atoms with E-state index in [2.05, 4.69) is 0 Å². The van der Waals surface area contributed by atoms with E-state index in [-0.39, 0.29) is 11.8 Å². The van der Waals surface area contributed by atoms with Crippen molar-refractivity contribution in [1.82, 2.24) is 4.90 Å². The second-order valence-corrected chi connectivity index (χ2v) is 3.99. The van der Waals surface area contributed by atoms with Gasteiger partial charge in [-0.25, -0.2) is 0 Å².